The summed E-state index contributed by atoms with van der Waals surface area (Å²) in [7, 11) is 0. The van der Waals surface area contributed by atoms with Crippen LogP contribution in [0.3, 0.4) is 0 Å². The van der Waals surface area contributed by atoms with E-state index in [1.54, 1.807) is 0 Å². The quantitative estimate of drug-likeness (QED) is 0.505. The molecule has 0 nitrogen and oxygen atoms in total. The highest BCUT2D eigenvalue weighted by atomic mass is 14.0. The summed E-state index contributed by atoms with van der Waals surface area (Å²) in [6.45, 7) is 11.8. The van der Waals surface area contributed by atoms with Crippen LogP contribution in [0.25, 0.3) is 0 Å². The van der Waals surface area contributed by atoms with Gasteiger partial charge in [-0.25, -0.2) is 0 Å². The molecule has 0 aromatic rings. The van der Waals surface area contributed by atoms with Gasteiger partial charge >= 0.3 is 0 Å². The molecule has 0 N–H and O–H groups in total. The molecule has 2 atom stereocenters. The van der Waals surface area contributed by atoms with Crippen molar-refractivity contribution in [1.29, 1.82) is 0 Å². The third kappa shape index (κ3) is 4.01. The summed E-state index contributed by atoms with van der Waals surface area (Å²) < 4.78 is 0. The molecule has 0 rings (SSSR count). The van der Waals surface area contributed by atoms with E-state index >= 15 is 0 Å². The van der Waals surface area contributed by atoms with Crippen LogP contribution in [-0.2, 0) is 0 Å². The Morgan fingerprint density at radius 2 is 1.44 bits per heavy atom. The van der Waals surface area contributed by atoms with Crippen LogP contribution >= 0.6 is 0 Å². The first-order valence-electron chi connectivity index (χ1n) is 3.45. The van der Waals surface area contributed by atoms with Gasteiger partial charge in [-0.1, -0.05) is 26.0 Å². The summed E-state index contributed by atoms with van der Waals surface area (Å²) in [5, 5.41) is 0. The topological polar surface area (TPSA) is 0 Å². The van der Waals surface area contributed by atoms with Crippen molar-refractivity contribution in [3.63, 3.8) is 0 Å². The van der Waals surface area contributed by atoms with E-state index in [-0.39, 0.29) is 0 Å². The molecule has 0 aliphatic rings. The first kappa shape index (κ1) is 8.48. The summed E-state index contributed by atoms with van der Waals surface area (Å²) in [4.78, 5) is 0. The molecule has 0 aromatic heterocycles. The Balaban J connectivity index is 3.45. The lowest BCUT2D eigenvalue weighted by Crippen LogP contribution is -1.96. The molecule has 9 heavy (non-hydrogen) atoms. The Kier molecular flexibility index (Phi) is 4.12. The minimum absolute atomic E-state index is 0.623. The summed E-state index contributed by atoms with van der Waals surface area (Å²) in [5.74, 6) is 1.25. The SMILES string of the molecule is C=CC(C)CC(C)C=C. The summed E-state index contributed by atoms with van der Waals surface area (Å²) in [6.07, 6.45) is 5.15. The number of hydrogen-bond donors (Lipinski definition) is 0. The van der Waals surface area contributed by atoms with Gasteiger partial charge in [0.15, 0.2) is 0 Å². The maximum Gasteiger partial charge on any atom is -0.0259 e. The summed E-state index contributed by atoms with van der Waals surface area (Å²) in [6, 6.07) is 0. The molecule has 0 saturated carbocycles. The van der Waals surface area contributed by atoms with E-state index in [1.807, 2.05) is 12.2 Å². The van der Waals surface area contributed by atoms with E-state index in [4.69, 9.17) is 0 Å². The first-order valence-corrected chi connectivity index (χ1v) is 3.45. The zero-order chi connectivity index (χ0) is 7.28. The van der Waals surface area contributed by atoms with Crippen molar-refractivity contribution in [2.45, 2.75) is 20.3 Å². The van der Waals surface area contributed by atoms with Crippen molar-refractivity contribution < 1.29 is 0 Å². The van der Waals surface area contributed by atoms with E-state index in [0.717, 1.165) is 0 Å². The van der Waals surface area contributed by atoms with Gasteiger partial charge in [-0.3, -0.25) is 0 Å². The Morgan fingerprint density at radius 3 is 1.67 bits per heavy atom. The van der Waals surface area contributed by atoms with Gasteiger partial charge in [-0.05, 0) is 18.3 Å². The normalized spacial score (nSPS) is 16.2. The molecule has 0 spiro atoms. The summed E-state index contributed by atoms with van der Waals surface area (Å²) >= 11 is 0. The number of allylic oxidation sites excluding steroid dienone is 2. The predicted octanol–water partition coefficient (Wildman–Crippen LogP) is 3.02. The van der Waals surface area contributed by atoms with Crippen molar-refractivity contribution in [3.05, 3.63) is 25.3 Å². The van der Waals surface area contributed by atoms with E-state index in [1.165, 1.54) is 6.42 Å². The second-order valence-corrected chi connectivity index (χ2v) is 2.66. The highest BCUT2D eigenvalue weighted by molar-refractivity contribution is 4.82. The van der Waals surface area contributed by atoms with Gasteiger partial charge < -0.3 is 0 Å². The predicted molar refractivity (Wildman–Crippen MR) is 43.3 cm³/mol. The van der Waals surface area contributed by atoms with Crippen LogP contribution in [0.2, 0.25) is 0 Å². The molecular weight excluding hydrogens is 108 g/mol. The molecule has 0 radical (unpaired) electrons. The highest BCUT2D eigenvalue weighted by Crippen LogP contribution is 2.12. The zero-order valence-electron chi connectivity index (χ0n) is 6.43. The van der Waals surface area contributed by atoms with Crippen LogP contribution in [0.5, 0.6) is 0 Å². The van der Waals surface area contributed by atoms with Crippen LogP contribution in [0.1, 0.15) is 20.3 Å². The van der Waals surface area contributed by atoms with Crippen molar-refractivity contribution in [1.82, 2.24) is 0 Å². The van der Waals surface area contributed by atoms with Crippen LogP contribution in [0, 0.1) is 11.8 Å². The first-order chi connectivity index (χ1) is 4.20. The van der Waals surface area contributed by atoms with E-state index in [0.29, 0.717) is 11.8 Å². The minimum Gasteiger partial charge on any atom is -0.103 e. The molecule has 0 saturated heterocycles. The summed E-state index contributed by atoms with van der Waals surface area (Å²) in [5.41, 5.74) is 0. The van der Waals surface area contributed by atoms with Gasteiger partial charge in [0.2, 0.25) is 0 Å². The molecule has 0 bridgehead atoms. The van der Waals surface area contributed by atoms with E-state index in [2.05, 4.69) is 27.0 Å². The van der Waals surface area contributed by atoms with Gasteiger partial charge in [0.25, 0.3) is 0 Å². The lowest BCUT2D eigenvalue weighted by molar-refractivity contribution is 0.545. The molecule has 0 heterocycles. The number of rotatable bonds is 4. The minimum atomic E-state index is 0.623. The van der Waals surface area contributed by atoms with Crippen molar-refractivity contribution >= 4 is 0 Å². The Hall–Kier alpha value is -0.520. The fourth-order valence-corrected chi connectivity index (χ4v) is 0.779. The largest absolute Gasteiger partial charge is 0.103 e. The lowest BCUT2D eigenvalue weighted by Gasteiger charge is -2.08. The fraction of sp³-hybridized carbons (Fsp3) is 0.556. The van der Waals surface area contributed by atoms with Crippen LogP contribution in [0.4, 0.5) is 0 Å². The Morgan fingerprint density at radius 1 is 1.11 bits per heavy atom. The maximum absolute atomic E-state index is 3.71. The molecule has 52 valence electrons. The Bertz CT molecular complexity index is 80.2. The monoisotopic (exact) mass is 124 g/mol. The van der Waals surface area contributed by atoms with Crippen molar-refractivity contribution in [3.8, 4) is 0 Å². The molecule has 0 aliphatic carbocycles. The highest BCUT2D eigenvalue weighted by Gasteiger charge is 1.99. The molecule has 0 amide bonds. The second kappa shape index (κ2) is 4.37. The van der Waals surface area contributed by atoms with E-state index in [9.17, 15) is 0 Å². The fourth-order valence-electron chi connectivity index (χ4n) is 0.779. The third-order valence-electron chi connectivity index (χ3n) is 1.55. The molecular formula is C9H16. The molecule has 0 aromatic carbocycles. The van der Waals surface area contributed by atoms with Crippen molar-refractivity contribution in [2.75, 3.05) is 0 Å². The lowest BCUT2D eigenvalue weighted by atomic mass is 9.98. The number of hydrogen-bond acceptors (Lipinski definition) is 0. The zero-order valence-corrected chi connectivity index (χ0v) is 6.43. The smallest absolute Gasteiger partial charge is 0.0259 e. The average Bonchev–Trinajstić information content (AvgIpc) is 1.87. The van der Waals surface area contributed by atoms with Gasteiger partial charge in [-0.2, -0.15) is 0 Å². The molecule has 0 aliphatic heterocycles. The van der Waals surface area contributed by atoms with Crippen LogP contribution in [-0.4, -0.2) is 0 Å². The molecule has 0 fully saturated rings. The van der Waals surface area contributed by atoms with E-state index < -0.39 is 0 Å². The molecule has 2 unspecified atom stereocenters. The average molecular weight is 124 g/mol. The van der Waals surface area contributed by atoms with Crippen LogP contribution < -0.4 is 0 Å². The van der Waals surface area contributed by atoms with Gasteiger partial charge in [0.1, 0.15) is 0 Å². The standard InChI is InChI=1S/C9H16/c1-5-8(3)7-9(4)6-2/h5-6,8-9H,1-2,7H2,3-4H3. The third-order valence-corrected chi connectivity index (χ3v) is 1.55. The van der Waals surface area contributed by atoms with Crippen molar-refractivity contribution in [2.24, 2.45) is 11.8 Å². The van der Waals surface area contributed by atoms with Gasteiger partial charge in [0.05, 0.1) is 0 Å². The second-order valence-electron chi connectivity index (χ2n) is 2.66. The van der Waals surface area contributed by atoms with Gasteiger partial charge in [-0.15, -0.1) is 13.2 Å². The molecule has 0 heteroatoms. The van der Waals surface area contributed by atoms with Gasteiger partial charge in [0, 0.05) is 0 Å². The Labute approximate surface area is 58.3 Å². The van der Waals surface area contributed by atoms with Crippen LogP contribution in [0.15, 0.2) is 25.3 Å². The maximum atomic E-state index is 3.71.